The second-order valence-electron chi connectivity index (χ2n) is 7.51. The Kier molecular flexibility index (Phi) is 5.12. The predicted molar refractivity (Wildman–Crippen MR) is 109 cm³/mol. The Morgan fingerprint density at radius 1 is 1.30 bits per heavy atom. The first kappa shape index (κ1) is 18.0. The minimum absolute atomic E-state index is 0.123. The zero-order valence-electron chi connectivity index (χ0n) is 15.9. The van der Waals surface area contributed by atoms with Gasteiger partial charge in [-0.2, -0.15) is 0 Å². The normalized spacial score (nSPS) is 13.7. The van der Waals surface area contributed by atoms with E-state index in [1.54, 1.807) is 0 Å². The fraction of sp³-hybridized carbons (Fsp3) is 0.364. The molecule has 0 unspecified atom stereocenters. The molecule has 0 aliphatic heterocycles. The van der Waals surface area contributed by atoms with Crippen molar-refractivity contribution in [1.82, 2.24) is 14.5 Å². The molecule has 1 aliphatic carbocycles. The second kappa shape index (κ2) is 7.69. The molecule has 0 radical (unpaired) electrons. The lowest BCUT2D eigenvalue weighted by Crippen LogP contribution is -2.33. The van der Waals surface area contributed by atoms with Crippen molar-refractivity contribution in [2.75, 3.05) is 6.54 Å². The SMILES string of the molecule is Cc1ccc(C)c(Cn2ccnc2CN(CC2CC2)C(=O)c2cccs2)c1. The molecule has 1 fully saturated rings. The summed E-state index contributed by atoms with van der Waals surface area (Å²) in [5, 5.41) is 1.96. The number of imidazole rings is 1. The summed E-state index contributed by atoms with van der Waals surface area (Å²) in [6.45, 7) is 6.44. The van der Waals surface area contributed by atoms with Crippen LogP contribution in [0.3, 0.4) is 0 Å². The number of carbonyl (C=O) groups is 1. The van der Waals surface area contributed by atoms with Crippen LogP contribution in [0.1, 0.15) is 45.0 Å². The van der Waals surface area contributed by atoms with Crippen molar-refractivity contribution in [1.29, 1.82) is 0 Å². The number of rotatable bonds is 7. The van der Waals surface area contributed by atoms with E-state index in [4.69, 9.17) is 0 Å². The Morgan fingerprint density at radius 3 is 2.89 bits per heavy atom. The van der Waals surface area contributed by atoms with Crippen LogP contribution in [0, 0.1) is 19.8 Å². The number of amides is 1. The van der Waals surface area contributed by atoms with Gasteiger partial charge < -0.3 is 9.47 Å². The molecule has 1 aliphatic rings. The van der Waals surface area contributed by atoms with Crippen LogP contribution in [0.4, 0.5) is 0 Å². The fourth-order valence-corrected chi connectivity index (χ4v) is 4.04. The minimum atomic E-state index is 0.123. The van der Waals surface area contributed by atoms with Gasteiger partial charge in [0.2, 0.25) is 0 Å². The monoisotopic (exact) mass is 379 g/mol. The van der Waals surface area contributed by atoms with Gasteiger partial charge in [-0.05, 0) is 55.2 Å². The van der Waals surface area contributed by atoms with Crippen LogP contribution >= 0.6 is 11.3 Å². The van der Waals surface area contributed by atoms with Gasteiger partial charge in [0.15, 0.2) is 0 Å². The van der Waals surface area contributed by atoms with Crippen LogP contribution in [-0.4, -0.2) is 26.9 Å². The molecule has 0 spiro atoms. The molecule has 5 heteroatoms. The lowest BCUT2D eigenvalue weighted by Gasteiger charge is -2.22. The number of hydrogen-bond donors (Lipinski definition) is 0. The maximum atomic E-state index is 13.0. The van der Waals surface area contributed by atoms with E-state index in [-0.39, 0.29) is 5.91 Å². The van der Waals surface area contributed by atoms with Gasteiger partial charge in [0.25, 0.3) is 5.91 Å². The molecular weight excluding hydrogens is 354 g/mol. The van der Waals surface area contributed by atoms with Crippen molar-refractivity contribution in [2.24, 2.45) is 5.92 Å². The minimum Gasteiger partial charge on any atom is -0.330 e. The summed E-state index contributed by atoms with van der Waals surface area (Å²) >= 11 is 1.51. The molecule has 4 rings (SSSR count). The van der Waals surface area contributed by atoms with Gasteiger partial charge in [-0.3, -0.25) is 4.79 Å². The number of carbonyl (C=O) groups excluding carboxylic acids is 1. The first-order valence-electron chi connectivity index (χ1n) is 9.49. The summed E-state index contributed by atoms with van der Waals surface area (Å²) in [5.41, 5.74) is 3.85. The van der Waals surface area contributed by atoms with Gasteiger partial charge in [0.05, 0.1) is 11.4 Å². The van der Waals surface area contributed by atoms with Crippen LogP contribution in [0.5, 0.6) is 0 Å². The average molecular weight is 380 g/mol. The number of aromatic nitrogens is 2. The van der Waals surface area contributed by atoms with Crippen LogP contribution in [-0.2, 0) is 13.1 Å². The molecule has 3 aromatic rings. The molecule has 0 saturated heterocycles. The number of nitrogens with zero attached hydrogens (tertiary/aromatic N) is 3. The highest BCUT2D eigenvalue weighted by Gasteiger charge is 2.28. The number of thiophene rings is 1. The van der Waals surface area contributed by atoms with Gasteiger partial charge in [0.1, 0.15) is 5.82 Å². The zero-order chi connectivity index (χ0) is 18.8. The highest BCUT2D eigenvalue weighted by atomic mass is 32.1. The molecule has 0 atom stereocenters. The number of benzene rings is 1. The molecule has 0 N–H and O–H groups in total. The predicted octanol–water partition coefficient (Wildman–Crippen LogP) is 4.66. The lowest BCUT2D eigenvalue weighted by atomic mass is 10.1. The van der Waals surface area contributed by atoms with E-state index in [1.165, 1.54) is 40.9 Å². The molecule has 0 bridgehead atoms. The summed E-state index contributed by atoms with van der Waals surface area (Å²) in [4.78, 5) is 20.3. The zero-order valence-corrected chi connectivity index (χ0v) is 16.7. The third kappa shape index (κ3) is 4.30. The van der Waals surface area contributed by atoms with E-state index >= 15 is 0 Å². The Labute approximate surface area is 164 Å². The van der Waals surface area contributed by atoms with E-state index in [2.05, 4.69) is 41.6 Å². The summed E-state index contributed by atoms with van der Waals surface area (Å²) in [6.07, 6.45) is 6.31. The maximum Gasteiger partial charge on any atom is 0.264 e. The van der Waals surface area contributed by atoms with Gasteiger partial charge in [0, 0.05) is 25.5 Å². The second-order valence-corrected chi connectivity index (χ2v) is 8.46. The summed E-state index contributed by atoms with van der Waals surface area (Å²) in [6, 6.07) is 10.4. The van der Waals surface area contributed by atoms with E-state index in [9.17, 15) is 4.79 Å². The molecule has 4 nitrogen and oxygen atoms in total. The van der Waals surface area contributed by atoms with Crippen molar-refractivity contribution >= 4 is 17.2 Å². The summed E-state index contributed by atoms with van der Waals surface area (Å²) < 4.78 is 2.17. The van der Waals surface area contributed by atoms with E-state index in [0.717, 1.165) is 23.8 Å². The van der Waals surface area contributed by atoms with E-state index in [0.29, 0.717) is 12.5 Å². The maximum absolute atomic E-state index is 13.0. The highest BCUT2D eigenvalue weighted by Crippen LogP contribution is 2.31. The summed E-state index contributed by atoms with van der Waals surface area (Å²) in [7, 11) is 0. The van der Waals surface area contributed by atoms with Gasteiger partial charge in [-0.15, -0.1) is 11.3 Å². The Hall–Kier alpha value is -2.40. The van der Waals surface area contributed by atoms with Crippen LogP contribution < -0.4 is 0 Å². The van der Waals surface area contributed by atoms with Gasteiger partial charge >= 0.3 is 0 Å². The largest absolute Gasteiger partial charge is 0.330 e. The van der Waals surface area contributed by atoms with Crippen molar-refractivity contribution in [2.45, 2.75) is 39.8 Å². The van der Waals surface area contributed by atoms with Crippen LogP contribution in [0.15, 0.2) is 48.1 Å². The van der Waals surface area contributed by atoms with E-state index < -0.39 is 0 Å². The molecule has 2 aromatic heterocycles. The molecule has 1 amide bonds. The summed E-state index contributed by atoms with van der Waals surface area (Å²) in [5.74, 6) is 1.72. The highest BCUT2D eigenvalue weighted by molar-refractivity contribution is 7.12. The van der Waals surface area contributed by atoms with Crippen molar-refractivity contribution in [3.05, 3.63) is 75.5 Å². The molecule has 2 heterocycles. The first-order chi connectivity index (χ1) is 13.1. The average Bonchev–Trinajstić information content (AvgIpc) is 3.12. The smallest absolute Gasteiger partial charge is 0.264 e. The first-order valence-corrected chi connectivity index (χ1v) is 10.4. The molecule has 1 saturated carbocycles. The van der Waals surface area contributed by atoms with Gasteiger partial charge in [-0.1, -0.05) is 29.8 Å². The topological polar surface area (TPSA) is 38.1 Å². The van der Waals surface area contributed by atoms with Gasteiger partial charge in [-0.25, -0.2) is 4.98 Å². The van der Waals surface area contributed by atoms with Crippen LogP contribution in [0.25, 0.3) is 0 Å². The molecule has 140 valence electrons. The van der Waals surface area contributed by atoms with Crippen molar-refractivity contribution in [3.8, 4) is 0 Å². The quantitative estimate of drug-likeness (QED) is 0.599. The van der Waals surface area contributed by atoms with Crippen LogP contribution in [0.2, 0.25) is 0 Å². The molecule has 1 aromatic carbocycles. The van der Waals surface area contributed by atoms with Crippen molar-refractivity contribution in [3.63, 3.8) is 0 Å². The lowest BCUT2D eigenvalue weighted by molar-refractivity contribution is 0.0733. The molecular formula is C22H25N3OS. The Bertz CT molecular complexity index is 925. The number of hydrogen-bond acceptors (Lipinski definition) is 3. The fourth-order valence-electron chi connectivity index (χ4n) is 3.35. The third-order valence-electron chi connectivity index (χ3n) is 5.17. The van der Waals surface area contributed by atoms with E-state index in [1.807, 2.05) is 34.8 Å². The third-order valence-corrected chi connectivity index (χ3v) is 6.03. The van der Waals surface area contributed by atoms with Crippen molar-refractivity contribution < 1.29 is 4.79 Å². The Balaban J connectivity index is 1.54. The number of aryl methyl sites for hydroxylation is 2. The Morgan fingerprint density at radius 2 is 2.15 bits per heavy atom. The standard InChI is InChI=1S/C22H25N3OS/c1-16-5-6-17(2)19(12-16)14-24-10-9-23-21(24)15-25(13-18-7-8-18)22(26)20-4-3-11-27-20/h3-6,9-12,18H,7-8,13-15H2,1-2H3. The molecule has 27 heavy (non-hydrogen) atoms.